The molecule has 0 N–H and O–H groups in total. The molecule has 0 rings (SSSR count). The zero-order valence-electron chi connectivity index (χ0n) is 18.7. The molecular weight excluding hydrogens is 458 g/mol. The first-order valence-electron chi connectivity index (χ1n) is 10.8. The number of unbranched alkanes of at least 4 members (excludes halogenated alkanes) is 3. The Labute approximate surface area is 167 Å². The van der Waals surface area contributed by atoms with Gasteiger partial charge in [0.25, 0.3) is 0 Å². The fraction of sp³-hybridized carbons (Fsp3) is 1.00. The fourth-order valence-corrected chi connectivity index (χ4v) is 30.5. The summed E-state index contributed by atoms with van der Waals surface area (Å²) >= 11 is -1.55. The van der Waals surface area contributed by atoms with Gasteiger partial charge in [-0.3, -0.25) is 0 Å². The van der Waals surface area contributed by atoms with Gasteiger partial charge in [-0.15, -0.1) is 0 Å². The topological polar surface area (TPSA) is 35.5 Å². The molecular formula is C19H43O3PSSn. The van der Waals surface area contributed by atoms with Gasteiger partial charge in [-0.1, -0.05) is 0 Å². The normalized spacial score (nSPS) is 15.0. The molecule has 6 heteroatoms. The summed E-state index contributed by atoms with van der Waals surface area (Å²) in [6.45, 7) is 10.9. The van der Waals surface area contributed by atoms with E-state index in [2.05, 4.69) is 20.8 Å². The van der Waals surface area contributed by atoms with Crippen LogP contribution in [0.1, 0.15) is 88.4 Å². The molecule has 0 aliphatic carbocycles. The maximum absolute atomic E-state index is 13.3. The van der Waals surface area contributed by atoms with E-state index < -0.39 is 25.2 Å². The van der Waals surface area contributed by atoms with Gasteiger partial charge in [0.15, 0.2) is 0 Å². The van der Waals surface area contributed by atoms with Crippen LogP contribution >= 0.6 is 18.2 Å². The van der Waals surface area contributed by atoms with Gasteiger partial charge in [-0.05, 0) is 0 Å². The summed E-state index contributed by atoms with van der Waals surface area (Å²) in [4.78, 5) is 0. The maximum atomic E-state index is 13.3. The van der Waals surface area contributed by atoms with Crippen molar-refractivity contribution in [3.8, 4) is 0 Å². The quantitative estimate of drug-likeness (QED) is 0.158. The Bertz CT molecular complexity index is 374. The van der Waals surface area contributed by atoms with Crippen LogP contribution in [0.2, 0.25) is 13.3 Å². The van der Waals surface area contributed by atoms with E-state index >= 15 is 0 Å². The Morgan fingerprint density at radius 3 is 1.52 bits per heavy atom. The Morgan fingerprint density at radius 1 is 0.880 bits per heavy atom. The van der Waals surface area contributed by atoms with Crippen molar-refractivity contribution in [2.75, 3.05) is 3.74 Å². The molecule has 0 aromatic rings. The van der Waals surface area contributed by atoms with Gasteiger partial charge in [-0.2, -0.15) is 0 Å². The Morgan fingerprint density at radius 2 is 1.24 bits per heavy atom. The molecule has 3 nitrogen and oxygen atoms in total. The molecule has 0 unspecified atom stereocenters. The first-order chi connectivity index (χ1) is 12.1. The molecule has 25 heavy (non-hydrogen) atoms. The molecule has 1 atom stereocenters. The molecule has 0 aromatic heterocycles. The van der Waals surface area contributed by atoms with E-state index in [9.17, 15) is 4.57 Å². The van der Waals surface area contributed by atoms with Gasteiger partial charge in [0.1, 0.15) is 0 Å². The van der Waals surface area contributed by atoms with E-state index in [0.717, 1.165) is 0 Å². The molecule has 0 aliphatic rings. The average Bonchev–Trinajstić information content (AvgIpc) is 2.52. The number of rotatable bonds is 16. The average molecular weight is 502 g/mol. The summed E-state index contributed by atoms with van der Waals surface area (Å²) < 4.78 is 37.3. The first-order valence-corrected chi connectivity index (χ1v) is 20.9. The van der Waals surface area contributed by atoms with Crippen molar-refractivity contribution in [3.63, 3.8) is 0 Å². The van der Waals surface area contributed by atoms with E-state index in [1.807, 2.05) is 27.7 Å². The Hall–Kier alpha value is 1.30. The minimum absolute atomic E-state index is 0.161. The van der Waals surface area contributed by atoms with Crippen molar-refractivity contribution in [2.24, 2.45) is 0 Å². The molecule has 0 spiro atoms. The fourth-order valence-electron chi connectivity index (χ4n) is 2.91. The van der Waals surface area contributed by atoms with Gasteiger partial charge in [0, 0.05) is 0 Å². The second-order valence-corrected chi connectivity index (χ2v) is 25.5. The van der Waals surface area contributed by atoms with Crippen LogP contribution in [-0.2, 0) is 13.6 Å². The van der Waals surface area contributed by atoms with Gasteiger partial charge < -0.3 is 0 Å². The molecule has 0 saturated heterocycles. The molecule has 0 saturated carbocycles. The molecule has 0 amide bonds. The third-order valence-electron chi connectivity index (χ3n) is 4.20. The zero-order valence-corrected chi connectivity index (χ0v) is 22.2. The summed E-state index contributed by atoms with van der Waals surface area (Å²) in [5, 5.41) is 0. The van der Waals surface area contributed by atoms with Crippen molar-refractivity contribution in [1.29, 1.82) is 0 Å². The predicted molar refractivity (Wildman–Crippen MR) is 117 cm³/mol. The molecule has 0 aromatic carbocycles. The molecule has 0 heterocycles. The predicted octanol–water partition coefficient (Wildman–Crippen LogP) is 8.07. The number of hydrogen-bond acceptors (Lipinski definition) is 4. The van der Waals surface area contributed by atoms with Crippen LogP contribution in [-0.4, -0.2) is 34.3 Å². The number of hydrogen-bond donors (Lipinski definition) is 0. The summed E-state index contributed by atoms with van der Waals surface area (Å²) in [7, 11) is 0. The monoisotopic (exact) mass is 503 g/mol. The molecule has 0 bridgehead atoms. The van der Waals surface area contributed by atoms with Crippen LogP contribution in [0.15, 0.2) is 0 Å². The van der Waals surface area contributed by atoms with Crippen LogP contribution in [0.4, 0.5) is 0 Å². The van der Waals surface area contributed by atoms with Crippen LogP contribution in [0.25, 0.3) is 0 Å². The third-order valence-corrected chi connectivity index (χ3v) is 26.6. The molecule has 0 aliphatic heterocycles. The third kappa shape index (κ3) is 12.4. The van der Waals surface area contributed by atoms with Crippen LogP contribution in [0.5, 0.6) is 0 Å². The Balaban J connectivity index is 5.53. The van der Waals surface area contributed by atoms with Gasteiger partial charge in [-0.25, -0.2) is 0 Å². The SMILES string of the molecule is [2H][C@@H](SP(=O)(OC(C)C)OC(C)C)[Sn]([CH2]CCC)([CH2]CCC)[CH2]CCC. The minimum atomic E-state index is -3.30. The first kappa shape index (κ1) is 24.3. The zero-order chi connectivity index (χ0) is 20.2. The van der Waals surface area contributed by atoms with Crippen molar-refractivity contribution in [2.45, 2.75) is 113 Å². The summed E-state index contributed by atoms with van der Waals surface area (Å²) in [5.74, 6) is 0. The van der Waals surface area contributed by atoms with Crippen molar-refractivity contribution in [3.05, 3.63) is 0 Å². The van der Waals surface area contributed by atoms with Crippen molar-refractivity contribution >= 4 is 36.6 Å². The summed E-state index contributed by atoms with van der Waals surface area (Å²) in [5.41, 5.74) is 0. The van der Waals surface area contributed by atoms with Gasteiger partial charge in [0.05, 0.1) is 0 Å². The molecule has 152 valence electrons. The van der Waals surface area contributed by atoms with Crippen LogP contribution in [0.3, 0.4) is 0 Å². The van der Waals surface area contributed by atoms with E-state index in [1.54, 1.807) is 0 Å². The standard InChI is InChI=1S/C7H16O3PS.3C4H9.Sn/c1-6(2)9-11(8,12-5)10-7(3)4;3*1-3-4-2;/h6-7H,5H2,1-4H3;3*1,3-4H2,2H3;/i5D;;;;. The van der Waals surface area contributed by atoms with Crippen molar-refractivity contribution in [1.82, 2.24) is 0 Å². The van der Waals surface area contributed by atoms with E-state index in [0.29, 0.717) is 0 Å². The molecule has 0 fully saturated rings. The second-order valence-electron chi connectivity index (χ2n) is 7.65. The second kappa shape index (κ2) is 14.3. The van der Waals surface area contributed by atoms with Crippen LogP contribution in [0, 0.1) is 0 Å². The van der Waals surface area contributed by atoms with Crippen LogP contribution < -0.4 is 0 Å². The summed E-state index contributed by atoms with van der Waals surface area (Å²) in [6, 6.07) is 0. The summed E-state index contributed by atoms with van der Waals surface area (Å²) in [6.07, 6.45) is 6.83. The van der Waals surface area contributed by atoms with E-state index in [-0.39, 0.29) is 16.0 Å². The van der Waals surface area contributed by atoms with E-state index in [1.165, 1.54) is 63.2 Å². The molecule has 0 radical (unpaired) electrons. The van der Waals surface area contributed by atoms with Crippen molar-refractivity contribution < 1.29 is 15.0 Å². The van der Waals surface area contributed by atoms with Gasteiger partial charge >= 0.3 is 168 Å². The Kier molecular flexibility index (Phi) is 13.9. The van der Waals surface area contributed by atoms with E-state index in [4.69, 9.17) is 10.4 Å². The van der Waals surface area contributed by atoms with Gasteiger partial charge in [0.2, 0.25) is 0 Å².